The van der Waals surface area contributed by atoms with E-state index in [0.29, 0.717) is 30.4 Å². The normalized spacial score (nSPS) is 14.6. The summed E-state index contributed by atoms with van der Waals surface area (Å²) in [7, 11) is 5.06. The molecule has 1 saturated heterocycles. The van der Waals surface area contributed by atoms with Crippen LogP contribution in [-0.2, 0) is 11.3 Å². The fraction of sp³-hybridized carbons (Fsp3) is 0.533. The number of amides is 1. The standard InChI is InChI=1S/C15H22N2O3/c1-17(15(18)7-12-8-16-9-12)10-11-4-5-13(19-2)14(6-11)20-3/h4-6,12,16H,7-10H2,1-3H3. The second kappa shape index (κ2) is 6.61. The molecule has 1 amide bonds. The molecular formula is C15H22N2O3. The number of nitrogens with zero attached hydrogens (tertiary/aromatic N) is 1. The summed E-state index contributed by atoms with van der Waals surface area (Å²) in [4.78, 5) is 13.8. The Morgan fingerprint density at radius 2 is 2.00 bits per heavy atom. The minimum atomic E-state index is 0.186. The summed E-state index contributed by atoms with van der Waals surface area (Å²) in [6.07, 6.45) is 0.622. The van der Waals surface area contributed by atoms with Crippen molar-refractivity contribution in [2.75, 3.05) is 34.4 Å². The van der Waals surface area contributed by atoms with Crippen molar-refractivity contribution in [3.63, 3.8) is 0 Å². The molecule has 20 heavy (non-hydrogen) atoms. The summed E-state index contributed by atoms with van der Waals surface area (Å²) < 4.78 is 10.5. The zero-order chi connectivity index (χ0) is 14.5. The van der Waals surface area contributed by atoms with Gasteiger partial charge in [-0.15, -0.1) is 0 Å². The number of carbonyl (C=O) groups excluding carboxylic acids is 1. The summed E-state index contributed by atoms with van der Waals surface area (Å²) in [5.74, 6) is 2.07. The van der Waals surface area contributed by atoms with Crippen LogP contribution in [0.2, 0.25) is 0 Å². The summed E-state index contributed by atoms with van der Waals surface area (Å²) in [6, 6.07) is 5.73. The summed E-state index contributed by atoms with van der Waals surface area (Å²) in [6.45, 7) is 2.49. The van der Waals surface area contributed by atoms with Crippen molar-refractivity contribution in [2.24, 2.45) is 5.92 Å². The first-order valence-electron chi connectivity index (χ1n) is 6.79. The van der Waals surface area contributed by atoms with Gasteiger partial charge in [-0.3, -0.25) is 4.79 Å². The zero-order valence-corrected chi connectivity index (χ0v) is 12.3. The largest absolute Gasteiger partial charge is 0.493 e. The first-order valence-corrected chi connectivity index (χ1v) is 6.79. The molecule has 5 heteroatoms. The first kappa shape index (κ1) is 14.7. The van der Waals surface area contributed by atoms with Gasteiger partial charge < -0.3 is 19.7 Å². The Kier molecular flexibility index (Phi) is 4.84. The van der Waals surface area contributed by atoms with Crippen molar-refractivity contribution in [3.05, 3.63) is 23.8 Å². The highest BCUT2D eigenvalue weighted by Gasteiger charge is 2.22. The molecular weight excluding hydrogens is 256 g/mol. The maximum atomic E-state index is 12.1. The molecule has 1 aromatic rings. The Hall–Kier alpha value is -1.75. The zero-order valence-electron chi connectivity index (χ0n) is 12.3. The maximum Gasteiger partial charge on any atom is 0.222 e. The van der Waals surface area contributed by atoms with E-state index < -0.39 is 0 Å². The fourth-order valence-electron chi connectivity index (χ4n) is 2.24. The third-order valence-corrected chi connectivity index (χ3v) is 3.62. The second-order valence-corrected chi connectivity index (χ2v) is 5.17. The Morgan fingerprint density at radius 3 is 2.55 bits per heavy atom. The number of hydrogen-bond acceptors (Lipinski definition) is 4. The van der Waals surface area contributed by atoms with E-state index in [1.807, 2.05) is 25.2 Å². The molecule has 110 valence electrons. The molecule has 1 N–H and O–H groups in total. The predicted molar refractivity (Wildman–Crippen MR) is 77.0 cm³/mol. The number of carbonyl (C=O) groups is 1. The van der Waals surface area contributed by atoms with E-state index in [9.17, 15) is 4.79 Å². The predicted octanol–water partition coefficient (Wildman–Crippen LogP) is 1.27. The van der Waals surface area contributed by atoms with E-state index in [4.69, 9.17) is 9.47 Å². The number of ether oxygens (including phenoxy) is 2. The molecule has 2 rings (SSSR count). The molecule has 1 aliphatic rings. The van der Waals surface area contributed by atoms with E-state index in [1.54, 1.807) is 19.1 Å². The number of hydrogen-bond donors (Lipinski definition) is 1. The van der Waals surface area contributed by atoms with Gasteiger partial charge in [-0.25, -0.2) is 0 Å². The SMILES string of the molecule is COc1ccc(CN(C)C(=O)CC2CNC2)cc1OC. The number of rotatable bonds is 6. The Bertz CT molecular complexity index is 472. The van der Waals surface area contributed by atoms with Crippen LogP contribution in [0.5, 0.6) is 11.5 Å². The van der Waals surface area contributed by atoms with Crippen LogP contribution in [0.4, 0.5) is 0 Å². The Balaban J connectivity index is 1.95. The molecule has 1 aromatic carbocycles. The highest BCUT2D eigenvalue weighted by atomic mass is 16.5. The van der Waals surface area contributed by atoms with Crippen molar-refractivity contribution in [1.82, 2.24) is 10.2 Å². The molecule has 0 spiro atoms. The summed E-state index contributed by atoms with van der Waals surface area (Å²) in [5, 5.41) is 3.18. The monoisotopic (exact) mass is 278 g/mol. The van der Waals surface area contributed by atoms with Crippen LogP contribution in [-0.4, -0.2) is 45.2 Å². The molecule has 1 heterocycles. The molecule has 0 unspecified atom stereocenters. The lowest BCUT2D eigenvalue weighted by Crippen LogP contribution is -2.44. The number of nitrogens with one attached hydrogen (secondary N) is 1. The molecule has 1 aliphatic heterocycles. The smallest absolute Gasteiger partial charge is 0.222 e. The van der Waals surface area contributed by atoms with Crippen LogP contribution >= 0.6 is 0 Å². The minimum absolute atomic E-state index is 0.186. The lowest BCUT2D eigenvalue weighted by Gasteiger charge is -2.28. The lowest BCUT2D eigenvalue weighted by atomic mass is 9.99. The van der Waals surface area contributed by atoms with E-state index in [2.05, 4.69) is 5.32 Å². The molecule has 0 atom stereocenters. The third kappa shape index (κ3) is 3.42. The summed E-state index contributed by atoms with van der Waals surface area (Å²) >= 11 is 0. The van der Waals surface area contributed by atoms with Crippen LogP contribution < -0.4 is 14.8 Å². The van der Waals surface area contributed by atoms with Crippen molar-refractivity contribution in [1.29, 1.82) is 0 Å². The van der Waals surface area contributed by atoms with Crippen LogP contribution in [0.15, 0.2) is 18.2 Å². The van der Waals surface area contributed by atoms with Gasteiger partial charge in [0.2, 0.25) is 5.91 Å². The van der Waals surface area contributed by atoms with Crippen molar-refractivity contribution in [2.45, 2.75) is 13.0 Å². The van der Waals surface area contributed by atoms with Crippen LogP contribution in [0.25, 0.3) is 0 Å². The van der Waals surface area contributed by atoms with Crippen molar-refractivity contribution >= 4 is 5.91 Å². The quantitative estimate of drug-likeness (QED) is 0.851. The molecule has 0 saturated carbocycles. The van der Waals surface area contributed by atoms with Crippen LogP contribution in [0.1, 0.15) is 12.0 Å². The van der Waals surface area contributed by atoms with Crippen molar-refractivity contribution < 1.29 is 14.3 Å². The topological polar surface area (TPSA) is 50.8 Å². The first-order chi connectivity index (χ1) is 9.63. The molecule has 5 nitrogen and oxygen atoms in total. The lowest BCUT2D eigenvalue weighted by molar-refractivity contribution is -0.131. The molecule has 0 radical (unpaired) electrons. The number of methoxy groups -OCH3 is 2. The maximum absolute atomic E-state index is 12.1. The Labute approximate surface area is 119 Å². The van der Waals surface area contributed by atoms with E-state index in [0.717, 1.165) is 18.7 Å². The van der Waals surface area contributed by atoms with Gasteiger partial charge in [0, 0.05) is 20.0 Å². The van der Waals surface area contributed by atoms with Gasteiger partial charge in [0.25, 0.3) is 0 Å². The van der Waals surface area contributed by atoms with Crippen LogP contribution in [0, 0.1) is 5.92 Å². The molecule has 0 aromatic heterocycles. The van der Waals surface area contributed by atoms with Gasteiger partial charge in [-0.2, -0.15) is 0 Å². The van der Waals surface area contributed by atoms with Gasteiger partial charge in [0.05, 0.1) is 14.2 Å². The Morgan fingerprint density at radius 1 is 1.30 bits per heavy atom. The highest BCUT2D eigenvalue weighted by Crippen LogP contribution is 2.28. The highest BCUT2D eigenvalue weighted by molar-refractivity contribution is 5.76. The van der Waals surface area contributed by atoms with Gasteiger partial charge >= 0.3 is 0 Å². The molecule has 1 fully saturated rings. The van der Waals surface area contributed by atoms with Gasteiger partial charge in [0.15, 0.2) is 11.5 Å². The summed E-state index contributed by atoms with van der Waals surface area (Å²) in [5.41, 5.74) is 1.03. The number of benzene rings is 1. The molecule has 0 bridgehead atoms. The average Bonchev–Trinajstić information content (AvgIpc) is 2.42. The second-order valence-electron chi connectivity index (χ2n) is 5.17. The van der Waals surface area contributed by atoms with E-state index >= 15 is 0 Å². The van der Waals surface area contributed by atoms with E-state index in [-0.39, 0.29) is 5.91 Å². The van der Waals surface area contributed by atoms with Crippen LogP contribution in [0.3, 0.4) is 0 Å². The van der Waals surface area contributed by atoms with Gasteiger partial charge in [0.1, 0.15) is 0 Å². The van der Waals surface area contributed by atoms with Gasteiger partial charge in [-0.1, -0.05) is 6.07 Å². The molecule has 0 aliphatic carbocycles. The van der Waals surface area contributed by atoms with Crippen molar-refractivity contribution in [3.8, 4) is 11.5 Å². The fourth-order valence-corrected chi connectivity index (χ4v) is 2.24. The van der Waals surface area contributed by atoms with Gasteiger partial charge in [-0.05, 0) is 36.7 Å². The van der Waals surface area contributed by atoms with E-state index in [1.165, 1.54) is 0 Å². The minimum Gasteiger partial charge on any atom is -0.493 e. The average molecular weight is 278 g/mol. The third-order valence-electron chi connectivity index (χ3n) is 3.62.